The molecule has 0 aliphatic heterocycles. The summed E-state index contributed by atoms with van der Waals surface area (Å²) in [5.74, 6) is 0.799. The second-order valence-corrected chi connectivity index (χ2v) is 4.68. The van der Waals surface area contributed by atoms with Crippen LogP contribution in [0, 0.1) is 11.3 Å². The van der Waals surface area contributed by atoms with E-state index in [0.717, 1.165) is 27.5 Å². The minimum atomic E-state index is 0.746. The SMILES string of the molecule is N#Cc1ccccc1CSc1ccc(N)cc1. The van der Waals surface area contributed by atoms with Crippen molar-refractivity contribution in [3.63, 3.8) is 0 Å². The molecule has 17 heavy (non-hydrogen) atoms. The van der Waals surface area contributed by atoms with Gasteiger partial charge in [0.2, 0.25) is 0 Å². The maximum Gasteiger partial charge on any atom is 0.0994 e. The van der Waals surface area contributed by atoms with E-state index in [2.05, 4.69) is 6.07 Å². The number of nitrogen functional groups attached to an aromatic ring is 1. The lowest BCUT2D eigenvalue weighted by molar-refractivity contribution is 1.34. The molecule has 0 spiro atoms. The van der Waals surface area contributed by atoms with E-state index >= 15 is 0 Å². The van der Waals surface area contributed by atoms with Crippen LogP contribution in [0.2, 0.25) is 0 Å². The fourth-order valence-electron chi connectivity index (χ4n) is 1.48. The molecule has 0 bridgehead atoms. The standard InChI is InChI=1S/C14H12N2S/c15-9-11-3-1-2-4-12(11)10-17-14-7-5-13(16)6-8-14/h1-8H,10,16H2. The molecule has 0 unspecified atom stereocenters. The molecule has 0 heterocycles. The number of hydrogen-bond acceptors (Lipinski definition) is 3. The van der Waals surface area contributed by atoms with Gasteiger partial charge in [-0.1, -0.05) is 18.2 Å². The average molecular weight is 240 g/mol. The maximum atomic E-state index is 8.98. The van der Waals surface area contributed by atoms with Crippen molar-refractivity contribution in [3.05, 3.63) is 59.7 Å². The Bertz CT molecular complexity index is 541. The van der Waals surface area contributed by atoms with E-state index in [1.54, 1.807) is 11.8 Å². The Kier molecular flexibility index (Phi) is 3.69. The van der Waals surface area contributed by atoms with Gasteiger partial charge in [0.25, 0.3) is 0 Å². The van der Waals surface area contributed by atoms with Crippen molar-refractivity contribution < 1.29 is 0 Å². The van der Waals surface area contributed by atoms with Gasteiger partial charge in [0.05, 0.1) is 11.6 Å². The minimum absolute atomic E-state index is 0.746. The molecule has 2 nitrogen and oxygen atoms in total. The van der Waals surface area contributed by atoms with Crippen LogP contribution in [-0.4, -0.2) is 0 Å². The Balaban J connectivity index is 2.08. The number of benzene rings is 2. The summed E-state index contributed by atoms with van der Waals surface area (Å²) in [6.45, 7) is 0. The van der Waals surface area contributed by atoms with Crippen LogP contribution in [0.3, 0.4) is 0 Å². The van der Waals surface area contributed by atoms with Gasteiger partial charge < -0.3 is 5.73 Å². The van der Waals surface area contributed by atoms with E-state index in [4.69, 9.17) is 11.0 Å². The Morgan fingerprint density at radius 3 is 2.47 bits per heavy atom. The van der Waals surface area contributed by atoms with Gasteiger partial charge in [-0.2, -0.15) is 5.26 Å². The molecule has 2 rings (SSSR count). The Hall–Kier alpha value is -1.92. The molecule has 0 fully saturated rings. The Morgan fingerprint density at radius 2 is 1.76 bits per heavy atom. The summed E-state index contributed by atoms with van der Waals surface area (Å²) < 4.78 is 0. The third kappa shape index (κ3) is 3.02. The molecule has 0 atom stereocenters. The molecule has 0 aliphatic rings. The molecule has 2 aromatic carbocycles. The Labute approximate surface area is 105 Å². The molecule has 0 saturated heterocycles. The monoisotopic (exact) mass is 240 g/mol. The van der Waals surface area contributed by atoms with Gasteiger partial charge in [-0.15, -0.1) is 11.8 Å². The molecule has 3 heteroatoms. The molecule has 0 aliphatic carbocycles. The third-order valence-electron chi connectivity index (χ3n) is 2.41. The first-order valence-electron chi connectivity index (χ1n) is 5.26. The van der Waals surface area contributed by atoms with Crippen molar-refractivity contribution in [3.8, 4) is 6.07 Å². The summed E-state index contributed by atoms with van der Waals surface area (Å²) in [5, 5.41) is 8.98. The smallest absolute Gasteiger partial charge is 0.0994 e. The van der Waals surface area contributed by atoms with Gasteiger partial charge >= 0.3 is 0 Å². The molecule has 2 aromatic rings. The summed E-state index contributed by atoms with van der Waals surface area (Å²) in [5.41, 5.74) is 8.21. The second kappa shape index (κ2) is 5.42. The highest BCUT2D eigenvalue weighted by Gasteiger charge is 2.01. The van der Waals surface area contributed by atoms with Gasteiger partial charge in [0.15, 0.2) is 0 Å². The number of nitriles is 1. The lowest BCUT2D eigenvalue weighted by Gasteiger charge is -2.04. The number of nitrogens with zero attached hydrogens (tertiary/aromatic N) is 1. The van der Waals surface area contributed by atoms with Crippen LogP contribution in [-0.2, 0) is 5.75 Å². The first kappa shape index (κ1) is 11.6. The van der Waals surface area contributed by atoms with Crippen LogP contribution in [0.25, 0.3) is 0 Å². The number of hydrogen-bond donors (Lipinski definition) is 1. The van der Waals surface area contributed by atoms with Crippen LogP contribution in [0.1, 0.15) is 11.1 Å². The highest BCUT2D eigenvalue weighted by atomic mass is 32.2. The number of thioether (sulfide) groups is 1. The maximum absolute atomic E-state index is 8.98. The van der Waals surface area contributed by atoms with Crippen LogP contribution < -0.4 is 5.73 Å². The van der Waals surface area contributed by atoms with Gasteiger partial charge in [-0.25, -0.2) is 0 Å². The lowest BCUT2D eigenvalue weighted by atomic mass is 10.1. The van der Waals surface area contributed by atoms with E-state index in [1.807, 2.05) is 48.5 Å². The molecule has 0 aromatic heterocycles. The zero-order valence-corrected chi connectivity index (χ0v) is 10.1. The van der Waals surface area contributed by atoms with Crippen molar-refractivity contribution in [1.29, 1.82) is 5.26 Å². The van der Waals surface area contributed by atoms with Crippen molar-refractivity contribution in [1.82, 2.24) is 0 Å². The molecule has 2 N–H and O–H groups in total. The van der Waals surface area contributed by atoms with E-state index in [1.165, 1.54) is 0 Å². The topological polar surface area (TPSA) is 49.8 Å². The molecular formula is C14H12N2S. The summed E-state index contributed by atoms with van der Waals surface area (Å²) >= 11 is 1.71. The molecule has 0 radical (unpaired) electrons. The van der Waals surface area contributed by atoms with Gasteiger partial charge in [-0.3, -0.25) is 0 Å². The second-order valence-electron chi connectivity index (χ2n) is 3.63. The highest BCUT2D eigenvalue weighted by Crippen LogP contribution is 2.24. The van der Waals surface area contributed by atoms with Crippen LogP contribution in [0.5, 0.6) is 0 Å². The molecule has 0 amide bonds. The first-order chi connectivity index (χ1) is 8.29. The van der Waals surface area contributed by atoms with Crippen molar-refractivity contribution in [2.24, 2.45) is 0 Å². The largest absolute Gasteiger partial charge is 0.399 e. The molecule has 0 saturated carbocycles. The molecule has 84 valence electrons. The number of nitrogens with two attached hydrogens (primary N) is 1. The van der Waals surface area contributed by atoms with Gasteiger partial charge in [0, 0.05) is 16.3 Å². The van der Waals surface area contributed by atoms with Crippen LogP contribution in [0.4, 0.5) is 5.69 Å². The van der Waals surface area contributed by atoms with E-state index in [-0.39, 0.29) is 0 Å². The Morgan fingerprint density at radius 1 is 1.06 bits per heavy atom. The number of anilines is 1. The minimum Gasteiger partial charge on any atom is -0.399 e. The highest BCUT2D eigenvalue weighted by molar-refractivity contribution is 7.98. The number of rotatable bonds is 3. The summed E-state index contributed by atoms with van der Waals surface area (Å²) in [6, 6.07) is 17.7. The fourth-order valence-corrected chi connectivity index (χ4v) is 2.38. The third-order valence-corrected chi connectivity index (χ3v) is 3.47. The van der Waals surface area contributed by atoms with E-state index < -0.39 is 0 Å². The van der Waals surface area contributed by atoms with Crippen LogP contribution in [0.15, 0.2) is 53.4 Å². The predicted molar refractivity (Wildman–Crippen MR) is 71.6 cm³/mol. The lowest BCUT2D eigenvalue weighted by Crippen LogP contribution is -1.87. The van der Waals surface area contributed by atoms with Crippen molar-refractivity contribution >= 4 is 17.4 Å². The first-order valence-corrected chi connectivity index (χ1v) is 6.24. The zero-order valence-electron chi connectivity index (χ0n) is 9.26. The predicted octanol–water partition coefficient (Wildman–Crippen LogP) is 3.43. The summed E-state index contributed by atoms with van der Waals surface area (Å²) in [4.78, 5) is 1.16. The van der Waals surface area contributed by atoms with Gasteiger partial charge in [-0.05, 0) is 35.9 Å². The summed E-state index contributed by atoms with van der Waals surface area (Å²) in [6.07, 6.45) is 0. The van der Waals surface area contributed by atoms with Crippen molar-refractivity contribution in [2.45, 2.75) is 10.6 Å². The fraction of sp³-hybridized carbons (Fsp3) is 0.0714. The van der Waals surface area contributed by atoms with Crippen LogP contribution >= 0.6 is 11.8 Å². The van der Waals surface area contributed by atoms with Gasteiger partial charge in [0.1, 0.15) is 0 Å². The van der Waals surface area contributed by atoms with Crippen molar-refractivity contribution in [2.75, 3.05) is 5.73 Å². The van der Waals surface area contributed by atoms with E-state index in [0.29, 0.717) is 0 Å². The quantitative estimate of drug-likeness (QED) is 0.660. The average Bonchev–Trinajstić information content (AvgIpc) is 2.38. The van der Waals surface area contributed by atoms with E-state index in [9.17, 15) is 0 Å². The normalized spacial score (nSPS) is 9.82. The molecular weight excluding hydrogens is 228 g/mol. The zero-order chi connectivity index (χ0) is 12.1. The summed E-state index contributed by atoms with van der Waals surface area (Å²) in [7, 11) is 0.